The van der Waals surface area contributed by atoms with Crippen LogP contribution in [0, 0.1) is 20.8 Å². The molecule has 0 aliphatic heterocycles. The van der Waals surface area contributed by atoms with Gasteiger partial charge in [-0.05, 0) is 62.2 Å². The van der Waals surface area contributed by atoms with Crippen LogP contribution in [-0.4, -0.2) is 9.55 Å². The normalized spacial score (nSPS) is 11.8. The molecule has 0 saturated carbocycles. The van der Waals surface area contributed by atoms with Gasteiger partial charge in [-0.25, -0.2) is 4.57 Å². The summed E-state index contributed by atoms with van der Waals surface area (Å²) in [5.74, 6) is 1.11. The number of para-hydroxylation sites is 3. The van der Waals surface area contributed by atoms with Gasteiger partial charge in [0.15, 0.2) is 11.0 Å². The van der Waals surface area contributed by atoms with Gasteiger partial charge in [-0.1, -0.05) is 30.3 Å². The molecular formula is C28H24N3O+. The minimum atomic E-state index is 0.924. The van der Waals surface area contributed by atoms with Crippen LogP contribution in [0.1, 0.15) is 16.7 Å². The van der Waals surface area contributed by atoms with Gasteiger partial charge in [0.1, 0.15) is 16.9 Å². The maximum atomic E-state index is 6.36. The van der Waals surface area contributed by atoms with Crippen LogP contribution < -0.4 is 4.57 Å². The third kappa shape index (κ3) is 2.50. The van der Waals surface area contributed by atoms with Crippen LogP contribution >= 0.6 is 0 Å². The van der Waals surface area contributed by atoms with E-state index in [1.54, 1.807) is 0 Å². The summed E-state index contributed by atoms with van der Waals surface area (Å²) in [7, 11) is 2.13. The van der Waals surface area contributed by atoms with Crippen LogP contribution in [0.25, 0.3) is 50.0 Å². The molecular weight excluding hydrogens is 394 g/mol. The van der Waals surface area contributed by atoms with Crippen molar-refractivity contribution in [3.8, 4) is 17.1 Å². The van der Waals surface area contributed by atoms with E-state index < -0.39 is 0 Å². The number of hydrogen-bond donors (Lipinski definition) is 0. The van der Waals surface area contributed by atoms with Gasteiger partial charge >= 0.3 is 0 Å². The maximum Gasteiger partial charge on any atom is 0.296 e. The number of aromatic nitrogens is 3. The highest BCUT2D eigenvalue weighted by atomic mass is 16.3. The highest BCUT2D eigenvalue weighted by Gasteiger charge is 2.30. The van der Waals surface area contributed by atoms with Crippen molar-refractivity contribution in [2.24, 2.45) is 7.05 Å². The zero-order valence-corrected chi connectivity index (χ0v) is 18.7. The fourth-order valence-electron chi connectivity index (χ4n) is 5.06. The summed E-state index contributed by atoms with van der Waals surface area (Å²) < 4.78 is 11.0. The lowest BCUT2D eigenvalue weighted by Crippen LogP contribution is -2.30. The monoisotopic (exact) mass is 418 g/mol. The second-order valence-corrected chi connectivity index (χ2v) is 8.54. The fraction of sp³-hybridized carbons (Fsp3) is 0.143. The number of fused-ring (bicyclic) bond motifs is 4. The Morgan fingerprint density at radius 2 is 1.66 bits per heavy atom. The molecule has 4 nitrogen and oxygen atoms in total. The lowest BCUT2D eigenvalue weighted by molar-refractivity contribution is -0.633. The number of benzene rings is 3. The number of rotatable bonds is 2. The lowest BCUT2D eigenvalue weighted by atomic mass is 10.0. The average Bonchev–Trinajstić information content (AvgIpc) is 3.31. The third-order valence-corrected chi connectivity index (χ3v) is 6.58. The second-order valence-electron chi connectivity index (χ2n) is 8.54. The van der Waals surface area contributed by atoms with E-state index in [-0.39, 0.29) is 0 Å². The lowest BCUT2D eigenvalue weighted by Gasteiger charge is -2.11. The molecule has 6 aromatic rings. The smallest absolute Gasteiger partial charge is 0.296 e. The Kier molecular flexibility index (Phi) is 3.99. The molecule has 0 saturated heterocycles. The Bertz CT molecular complexity index is 1670. The minimum absolute atomic E-state index is 0.924. The predicted molar refractivity (Wildman–Crippen MR) is 129 cm³/mol. The van der Waals surface area contributed by atoms with Gasteiger partial charge in [-0.3, -0.25) is 4.98 Å². The van der Waals surface area contributed by atoms with Crippen LogP contribution in [-0.2, 0) is 7.05 Å². The third-order valence-electron chi connectivity index (χ3n) is 6.58. The number of hydrogen-bond acceptors (Lipinski definition) is 2. The van der Waals surface area contributed by atoms with E-state index in [1.807, 2.05) is 24.5 Å². The van der Waals surface area contributed by atoms with Gasteiger partial charge in [-0.2, -0.15) is 4.57 Å². The standard InChI is InChI=1S/C28H24N3O/c1-17-13-14-29-16-22(17)28-30(4)23-10-6-7-11-24(23)31(28)26-18(2)15-21-20-9-5-8-12-25(20)32-27(21)19(26)3/h5-16H,1-4H3/q+1. The van der Waals surface area contributed by atoms with E-state index in [0.29, 0.717) is 0 Å². The molecule has 0 aliphatic rings. The molecule has 0 radical (unpaired) electrons. The quantitative estimate of drug-likeness (QED) is 0.308. The van der Waals surface area contributed by atoms with Crippen molar-refractivity contribution in [2.45, 2.75) is 20.8 Å². The number of imidazole rings is 1. The molecule has 0 unspecified atom stereocenters. The van der Waals surface area contributed by atoms with Crippen molar-refractivity contribution >= 4 is 33.0 Å². The molecule has 6 rings (SSSR count). The molecule has 0 spiro atoms. The van der Waals surface area contributed by atoms with Gasteiger partial charge in [0.25, 0.3) is 5.82 Å². The van der Waals surface area contributed by atoms with Crippen LogP contribution in [0.4, 0.5) is 0 Å². The van der Waals surface area contributed by atoms with Crippen molar-refractivity contribution < 1.29 is 8.98 Å². The number of furan rings is 1. The Hall–Kier alpha value is -3.92. The fourth-order valence-corrected chi connectivity index (χ4v) is 5.06. The Morgan fingerprint density at radius 3 is 2.50 bits per heavy atom. The predicted octanol–water partition coefficient (Wildman–Crippen LogP) is 6.34. The highest BCUT2D eigenvalue weighted by molar-refractivity contribution is 6.07. The van der Waals surface area contributed by atoms with Crippen molar-refractivity contribution in [1.82, 2.24) is 9.55 Å². The van der Waals surface area contributed by atoms with Crippen molar-refractivity contribution in [2.75, 3.05) is 0 Å². The summed E-state index contributed by atoms with van der Waals surface area (Å²) in [6.45, 7) is 6.50. The topological polar surface area (TPSA) is 34.8 Å². The number of pyridine rings is 1. The summed E-state index contributed by atoms with van der Waals surface area (Å²) in [6.07, 6.45) is 3.81. The minimum Gasteiger partial charge on any atom is -0.456 e. The Balaban J connectivity index is 1.79. The molecule has 0 atom stereocenters. The first-order chi connectivity index (χ1) is 15.6. The van der Waals surface area contributed by atoms with Gasteiger partial charge in [0.2, 0.25) is 0 Å². The first kappa shape index (κ1) is 18.8. The summed E-state index contributed by atoms with van der Waals surface area (Å²) in [5.41, 5.74) is 10.0. The van der Waals surface area contributed by atoms with Crippen LogP contribution in [0.2, 0.25) is 0 Å². The van der Waals surface area contributed by atoms with Crippen LogP contribution in [0.15, 0.2) is 77.5 Å². The zero-order chi connectivity index (χ0) is 22.0. The Labute approximate surface area is 186 Å². The van der Waals surface area contributed by atoms with E-state index in [9.17, 15) is 0 Å². The molecule has 4 heteroatoms. The molecule has 32 heavy (non-hydrogen) atoms. The maximum absolute atomic E-state index is 6.36. The first-order valence-electron chi connectivity index (χ1n) is 10.9. The molecule has 3 heterocycles. The number of aryl methyl sites for hydroxylation is 4. The largest absolute Gasteiger partial charge is 0.456 e. The highest BCUT2D eigenvalue weighted by Crippen LogP contribution is 2.38. The Morgan fingerprint density at radius 1 is 0.875 bits per heavy atom. The van der Waals surface area contributed by atoms with E-state index in [4.69, 9.17) is 4.42 Å². The van der Waals surface area contributed by atoms with Crippen molar-refractivity contribution in [1.29, 1.82) is 0 Å². The summed E-state index contributed by atoms with van der Waals surface area (Å²) in [6, 6.07) is 21.1. The first-order valence-corrected chi connectivity index (χ1v) is 10.9. The second kappa shape index (κ2) is 6.79. The summed E-state index contributed by atoms with van der Waals surface area (Å²) in [5, 5.41) is 2.32. The van der Waals surface area contributed by atoms with Crippen molar-refractivity contribution in [3.63, 3.8) is 0 Å². The zero-order valence-electron chi connectivity index (χ0n) is 18.7. The molecule has 0 bridgehead atoms. The van der Waals surface area contributed by atoms with E-state index in [0.717, 1.165) is 44.7 Å². The molecule has 3 aromatic heterocycles. The van der Waals surface area contributed by atoms with Crippen molar-refractivity contribution in [3.05, 3.63) is 89.7 Å². The molecule has 0 fully saturated rings. The van der Waals surface area contributed by atoms with Crippen LogP contribution in [0.3, 0.4) is 0 Å². The van der Waals surface area contributed by atoms with Gasteiger partial charge in [0.05, 0.1) is 12.6 Å². The molecule has 3 aromatic carbocycles. The molecule has 0 aliphatic carbocycles. The molecule has 156 valence electrons. The number of nitrogens with zero attached hydrogens (tertiary/aromatic N) is 3. The molecule has 0 N–H and O–H groups in total. The van der Waals surface area contributed by atoms with E-state index >= 15 is 0 Å². The molecule has 0 amide bonds. The summed E-state index contributed by atoms with van der Waals surface area (Å²) >= 11 is 0. The SMILES string of the molecule is Cc1ccncc1-c1n(-c2c(C)cc3c(oc4ccccc43)c2C)c2ccccc2[n+]1C. The van der Waals surface area contributed by atoms with Gasteiger partial charge in [-0.15, -0.1) is 0 Å². The van der Waals surface area contributed by atoms with E-state index in [2.05, 4.69) is 90.5 Å². The van der Waals surface area contributed by atoms with Crippen LogP contribution in [0.5, 0.6) is 0 Å². The average molecular weight is 419 g/mol. The van der Waals surface area contributed by atoms with Gasteiger partial charge < -0.3 is 4.42 Å². The van der Waals surface area contributed by atoms with E-state index in [1.165, 1.54) is 22.0 Å². The van der Waals surface area contributed by atoms with Gasteiger partial charge in [0, 0.05) is 28.7 Å². The summed E-state index contributed by atoms with van der Waals surface area (Å²) in [4.78, 5) is 4.45.